The fourth-order valence-electron chi connectivity index (χ4n) is 1.45. The molecule has 0 aromatic carbocycles. The molecule has 0 radical (unpaired) electrons. The summed E-state index contributed by atoms with van der Waals surface area (Å²) in [6.07, 6.45) is 0. The Hall–Kier alpha value is -1.21. The highest BCUT2D eigenvalue weighted by Crippen LogP contribution is 2.23. The summed E-state index contributed by atoms with van der Waals surface area (Å²) in [6, 6.07) is 3.21. The fraction of sp³-hybridized carbons (Fsp3) is 0.300. The zero-order valence-corrected chi connectivity index (χ0v) is 11.0. The molecule has 6 nitrogen and oxygen atoms in total. The molecule has 8 heteroatoms. The van der Waals surface area contributed by atoms with Gasteiger partial charge in [-0.2, -0.15) is 5.10 Å². The Morgan fingerprint density at radius 3 is 2.67 bits per heavy atom. The quantitative estimate of drug-likeness (QED) is 0.925. The van der Waals surface area contributed by atoms with Crippen molar-refractivity contribution in [3.05, 3.63) is 33.7 Å². The van der Waals surface area contributed by atoms with E-state index in [2.05, 4.69) is 15.3 Å². The standard InChI is InChI=1S/C10H10Cl2N4O2/c1-18-5-7-6(4-17)10(12)16(15-7)9-3-2-8(11)13-14-9/h2-3,17H,4-5H2,1H3. The summed E-state index contributed by atoms with van der Waals surface area (Å²) in [5, 5.41) is 21.6. The Balaban J connectivity index is 2.47. The van der Waals surface area contributed by atoms with Crippen molar-refractivity contribution >= 4 is 23.2 Å². The molecule has 0 spiro atoms. The van der Waals surface area contributed by atoms with Gasteiger partial charge >= 0.3 is 0 Å². The molecular formula is C10H10Cl2N4O2. The first kappa shape index (κ1) is 13.2. The largest absolute Gasteiger partial charge is 0.391 e. The van der Waals surface area contributed by atoms with Crippen LogP contribution in [0.2, 0.25) is 10.3 Å². The van der Waals surface area contributed by atoms with Crippen LogP contribution in [-0.4, -0.2) is 32.2 Å². The highest BCUT2D eigenvalue weighted by molar-refractivity contribution is 6.30. The van der Waals surface area contributed by atoms with Crippen molar-refractivity contribution in [3.8, 4) is 5.82 Å². The van der Waals surface area contributed by atoms with Crippen molar-refractivity contribution in [3.63, 3.8) is 0 Å². The topological polar surface area (TPSA) is 73.1 Å². The van der Waals surface area contributed by atoms with Crippen molar-refractivity contribution in [2.75, 3.05) is 7.11 Å². The van der Waals surface area contributed by atoms with Crippen LogP contribution in [0.4, 0.5) is 0 Å². The SMILES string of the molecule is COCc1nn(-c2ccc(Cl)nn2)c(Cl)c1CO. The molecule has 0 amide bonds. The van der Waals surface area contributed by atoms with Gasteiger partial charge in [0, 0.05) is 12.7 Å². The predicted molar refractivity (Wildman–Crippen MR) is 65.8 cm³/mol. The molecule has 2 aromatic heterocycles. The molecule has 0 saturated carbocycles. The van der Waals surface area contributed by atoms with Gasteiger partial charge < -0.3 is 9.84 Å². The lowest BCUT2D eigenvalue weighted by Crippen LogP contribution is -2.02. The Bertz CT molecular complexity index is 542. The van der Waals surface area contributed by atoms with Crippen molar-refractivity contribution < 1.29 is 9.84 Å². The Morgan fingerprint density at radius 2 is 2.11 bits per heavy atom. The van der Waals surface area contributed by atoms with Crippen molar-refractivity contribution in [2.45, 2.75) is 13.2 Å². The first-order valence-electron chi connectivity index (χ1n) is 5.03. The van der Waals surface area contributed by atoms with Gasteiger partial charge in [0.05, 0.1) is 18.9 Å². The Kier molecular flexibility index (Phi) is 4.13. The number of hydrogen-bond donors (Lipinski definition) is 1. The summed E-state index contributed by atoms with van der Waals surface area (Å²) in [7, 11) is 1.54. The molecule has 0 saturated heterocycles. The summed E-state index contributed by atoms with van der Waals surface area (Å²) in [5.74, 6) is 0.418. The van der Waals surface area contributed by atoms with Gasteiger partial charge in [-0.25, -0.2) is 4.68 Å². The van der Waals surface area contributed by atoms with E-state index >= 15 is 0 Å². The van der Waals surface area contributed by atoms with Gasteiger partial charge in [-0.15, -0.1) is 10.2 Å². The van der Waals surface area contributed by atoms with E-state index in [1.165, 1.54) is 11.8 Å². The molecule has 0 aliphatic carbocycles. The highest BCUT2D eigenvalue weighted by Gasteiger charge is 2.17. The molecule has 0 aliphatic rings. The number of aliphatic hydroxyl groups is 1. The van der Waals surface area contributed by atoms with Crippen LogP contribution in [0.3, 0.4) is 0 Å². The Labute approximate surface area is 113 Å². The number of rotatable bonds is 4. The van der Waals surface area contributed by atoms with Gasteiger partial charge in [-0.3, -0.25) is 0 Å². The molecule has 0 bridgehead atoms. The third-order valence-corrected chi connectivity index (χ3v) is 2.87. The van der Waals surface area contributed by atoms with E-state index in [4.69, 9.17) is 27.9 Å². The maximum absolute atomic E-state index is 9.28. The molecule has 2 heterocycles. The summed E-state index contributed by atoms with van der Waals surface area (Å²) >= 11 is 11.8. The average Bonchev–Trinajstić information content (AvgIpc) is 2.67. The zero-order chi connectivity index (χ0) is 13.1. The lowest BCUT2D eigenvalue weighted by molar-refractivity contribution is 0.178. The number of methoxy groups -OCH3 is 1. The molecular weight excluding hydrogens is 279 g/mol. The van der Waals surface area contributed by atoms with Crippen LogP contribution in [0, 0.1) is 0 Å². The van der Waals surface area contributed by atoms with Crippen LogP contribution in [0.1, 0.15) is 11.3 Å². The third-order valence-electron chi connectivity index (χ3n) is 2.28. The number of aliphatic hydroxyl groups excluding tert-OH is 1. The van der Waals surface area contributed by atoms with E-state index in [0.29, 0.717) is 17.1 Å². The molecule has 0 fully saturated rings. The van der Waals surface area contributed by atoms with E-state index in [0.717, 1.165) is 0 Å². The molecule has 1 N–H and O–H groups in total. The predicted octanol–water partition coefficient (Wildman–Crippen LogP) is 1.61. The first-order valence-corrected chi connectivity index (χ1v) is 5.78. The van der Waals surface area contributed by atoms with Crippen molar-refractivity contribution in [1.29, 1.82) is 0 Å². The van der Waals surface area contributed by atoms with Crippen LogP contribution in [0.5, 0.6) is 0 Å². The second-order valence-corrected chi connectivity index (χ2v) is 4.18. The molecule has 0 atom stereocenters. The van der Waals surface area contributed by atoms with E-state index in [-0.39, 0.29) is 23.5 Å². The third kappa shape index (κ3) is 2.46. The lowest BCUT2D eigenvalue weighted by Gasteiger charge is -2.00. The van der Waals surface area contributed by atoms with Gasteiger partial charge in [0.15, 0.2) is 11.0 Å². The van der Waals surface area contributed by atoms with Crippen LogP contribution >= 0.6 is 23.2 Å². The van der Waals surface area contributed by atoms with Crippen molar-refractivity contribution in [2.24, 2.45) is 0 Å². The lowest BCUT2D eigenvalue weighted by atomic mass is 10.3. The van der Waals surface area contributed by atoms with Crippen LogP contribution in [0.15, 0.2) is 12.1 Å². The molecule has 96 valence electrons. The molecule has 0 unspecified atom stereocenters. The number of aromatic nitrogens is 4. The number of hydrogen-bond acceptors (Lipinski definition) is 5. The Morgan fingerprint density at radius 1 is 1.33 bits per heavy atom. The minimum absolute atomic E-state index is 0.224. The number of nitrogens with zero attached hydrogens (tertiary/aromatic N) is 4. The summed E-state index contributed by atoms with van der Waals surface area (Å²) in [4.78, 5) is 0. The maximum Gasteiger partial charge on any atom is 0.177 e. The highest BCUT2D eigenvalue weighted by atomic mass is 35.5. The smallest absolute Gasteiger partial charge is 0.177 e. The second-order valence-electron chi connectivity index (χ2n) is 3.43. The second kappa shape index (κ2) is 5.62. The van der Waals surface area contributed by atoms with E-state index in [9.17, 15) is 5.11 Å². The zero-order valence-electron chi connectivity index (χ0n) is 9.47. The summed E-state index contributed by atoms with van der Waals surface area (Å²) in [6.45, 7) is 0.0299. The normalized spacial score (nSPS) is 10.9. The van der Waals surface area contributed by atoms with Crippen LogP contribution < -0.4 is 0 Å². The van der Waals surface area contributed by atoms with Gasteiger partial charge in [0.2, 0.25) is 0 Å². The molecule has 2 rings (SSSR count). The molecule has 0 aliphatic heterocycles. The minimum atomic E-state index is -0.224. The molecule has 2 aromatic rings. The fourth-order valence-corrected chi connectivity index (χ4v) is 1.85. The molecule has 18 heavy (non-hydrogen) atoms. The van der Waals surface area contributed by atoms with E-state index < -0.39 is 0 Å². The first-order chi connectivity index (χ1) is 8.67. The van der Waals surface area contributed by atoms with E-state index in [1.807, 2.05) is 0 Å². The van der Waals surface area contributed by atoms with Gasteiger partial charge in [-0.05, 0) is 12.1 Å². The number of ether oxygens (including phenoxy) is 1. The van der Waals surface area contributed by atoms with Crippen molar-refractivity contribution in [1.82, 2.24) is 20.0 Å². The number of halogens is 2. The summed E-state index contributed by atoms with van der Waals surface area (Å²) in [5.41, 5.74) is 1.07. The van der Waals surface area contributed by atoms with Gasteiger partial charge in [-0.1, -0.05) is 23.2 Å². The average molecular weight is 289 g/mol. The van der Waals surface area contributed by atoms with Crippen LogP contribution in [-0.2, 0) is 18.0 Å². The van der Waals surface area contributed by atoms with E-state index in [1.54, 1.807) is 12.1 Å². The minimum Gasteiger partial charge on any atom is -0.391 e. The van der Waals surface area contributed by atoms with Gasteiger partial charge in [0.25, 0.3) is 0 Å². The maximum atomic E-state index is 9.28. The summed E-state index contributed by atoms with van der Waals surface area (Å²) < 4.78 is 6.37. The van der Waals surface area contributed by atoms with Gasteiger partial charge in [0.1, 0.15) is 5.15 Å². The monoisotopic (exact) mass is 288 g/mol. The van der Waals surface area contributed by atoms with Crippen LogP contribution in [0.25, 0.3) is 5.82 Å².